The molecule has 0 atom stereocenters. The second-order valence-corrected chi connectivity index (χ2v) is 5.06. The van der Waals surface area contributed by atoms with Gasteiger partial charge in [-0.1, -0.05) is 6.07 Å². The molecule has 0 fully saturated rings. The van der Waals surface area contributed by atoms with E-state index in [9.17, 15) is 0 Å². The van der Waals surface area contributed by atoms with Crippen LogP contribution >= 0.6 is 11.3 Å². The first kappa shape index (κ1) is 11.9. The monoisotopic (exact) mass is 271 g/mol. The van der Waals surface area contributed by atoms with Crippen LogP contribution in [-0.4, -0.2) is 16.6 Å². The average molecular weight is 271 g/mol. The Hall–Kier alpha value is -2.14. The van der Waals surface area contributed by atoms with E-state index in [1.807, 2.05) is 37.3 Å². The van der Waals surface area contributed by atoms with Gasteiger partial charge in [0.15, 0.2) is 0 Å². The molecule has 2 N–H and O–H groups in total. The Balaban J connectivity index is 2.06. The molecule has 0 aliphatic rings. The zero-order valence-electron chi connectivity index (χ0n) is 10.5. The number of anilines is 1. The van der Waals surface area contributed by atoms with Crippen molar-refractivity contribution in [2.24, 2.45) is 0 Å². The Morgan fingerprint density at radius 3 is 2.89 bits per heavy atom. The highest BCUT2D eigenvalue weighted by Crippen LogP contribution is 2.31. The van der Waals surface area contributed by atoms with Crippen molar-refractivity contribution in [1.82, 2.24) is 9.97 Å². The summed E-state index contributed by atoms with van der Waals surface area (Å²) in [7, 11) is 0. The first-order chi connectivity index (χ1) is 9.26. The van der Waals surface area contributed by atoms with Crippen LogP contribution in [0.5, 0.6) is 5.75 Å². The topological polar surface area (TPSA) is 61.0 Å². The van der Waals surface area contributed by atoms with Gasteiger partial charge in [0.2, 0.25) is 0 Å². The number of nitrogens with two attached hydrogens (primary N) is 1. The number of nitrogen functional groups attached to an aromatic ring is 1. The third-order valence-electron chi connectivity index (χ3n) is 2.66. The zero-order valence-corrected chi connectivity index (χ0v) is 11.3. The fourth-order valence-electron chi connectivity index (χ4n) is 1.84. The second-order valence-electron chi connectivity index (χ2n) is 4.03. The van der Waals surface area contributed by atoms with Gasteiger partial charge in [0.05, 0.1) is 16.8 Å². The van der Waals surface area contributed by atoms with Gasteiger partial charge in [-0.2, -0.15) is 0 Å². The lowest BCUT2D eigenvalue weighted by Gasteiger charge is -2.00. The van der Waals surface area contributed by atoms with Crippen LogP contribution in [0.2, 0.25) is 0 Å². The van der Waals surface area contributed by atoms with Gasteiger partial charge in [-0.15, -0.1) is 11.3 Å². The van der Waals surface area contributed by atoms with Crippen LogP contribution in [-0.2, 0) is 0 Å². The lowest BCUT2D eigenvalue weighted by Crippen LogP contribution is -1.90. The van der Waals surface area contributed by atoms with Gasteiger partial charge in [-0.3, -0.25) is 0 Å². The van der Waals surface area contributed by atoms with Crippen LogP contribution in [0, 0.1) is 0 Å². The normalized spacial score (nSPS) is 10.8. The Kier molecular flexibility index (Phi) is 3.05. The molecule has 3 aromatic rings. The summed E-state index contributed by atoms with van der Waals surface area (Å²) in [5, 5.41) is 0.871. The fraction of sp³-hybridized carbons (Fsp3) is 0.143. The summed E-state index contributed by atoms with van der Waals surface area (Å²) in [5.74, 6) is 1.37. The summed E-state index contributed by atoms with van der Waals surface area (Å²) in [6, 6.07) is 11.5. The van der Waals surface area contributed by atoms with Crippen molar-refractivity contribution in [3.63, 3.8) is 0 Å². The van der Waals surface area contributed by atoms with E-state index >= 15 is 0 Å². The molecule has 0 saturated heterocycles. The molecule has 0 saturated carbocycles. The summed E-state index contributed by atoms with van der Waals surface area (Å²) < 4.78 is 6.58. The van der Waals surface area contributed by atoms with Crippen LogP contribution in [0.1, 0.15) is 6.92 Å². The van der Waals surface area contributed by atoms with Crippen molar-refractivity contribution in [2.75, 3.05) is 12.3 Å². The van der Waals surface area contributed by atoms with Crippen molar-refractivity contribution in [3.05, 3.63) is 36.4 Å². The molecule has 0 spiro atoms. The van der Waals surface area contributed by atoms with Crippen LogP contribution in [0.3, 0.4) is 0 Å². The highest BCUT2D eigenvalue weighted by molar-refractivity contribution is 7.21. The van der Waals surface area contributed by atoms with Gasteiger partial charge in [-0.25, -0.2) is 9.97 Å². The van der Waals surface area contributed by atoms with E-state index in [0.29, 0.717) is 12.4 Å². The number of hydrogen-bond acceptors (Lipinski definition) is 5. The molecule has 19 heavy (non-hydrogen) atoms. The lowest BCUT2D eigenvalue weighted by molar-refractivity contribution is 0.341. The number of ether oxygens (including phenoxy) is 1. The quantitative estimate of drug-likeness (QED) is 0.793. The summed E-state index contributed by atoms with van der Waals surface area (Å²) in [4.78, 5) is 8.86. The van der Waals surface area contributed by atoms with Gasteiger partial charge in [-0.05, 0) is 37.3 Å². The zero-order chi connectivity index (χ0) is 13.2. The number of fused-ring (bicyclic) bond motifs is 1. The van der Waals surface area contributed by atoms with Gasteiger partial charge < -0.3 is 10.5 Å². The molecule has 0 unspecified atom stereocenters. The first-order valence-electron chi connectivity index (χ1n) is 6.02. The van der Waals surface area contributed by atoms with E-state index in [-0.39, 0.29) is 0 Å². The van der Waals surface area contributed by atoms with Crippen LogP contribution in [0.4, 0.5) is 5.82 Å². The lowest BCUT2D eigenvalue weighted by atomic mass is 10.3. The average Bonchev–Trinajstić information content (AvgIpc) is 2.82. The molecule has 96 valence electrons. The van der Waals surface area contributed by atoms with E-state index in [1.54, 1.807) is 17.4 Å². The molecular formula is C14H13N3OS. The van der Waals surface area contributed by atoms with Crippen molar-refractivity contribution < 1.29 is 4.74 Å². The molecule has 5 heteroatoms. The third kappa shape index (κ3) is 2.37. The van der Waals surface area contributed by atoms with Crippen molar-refractivity contribution in [2.45, 2.75) is 6.92 Å². The molecule has 4 nitrogen and oxygen atoms in total. The predicted molar refractivity (Wildman–Crippen MR) is 78.4 cm³/mol. The molecule has 1 aromatic carbocycles. The molecular weight excluding hydrogens is 258 g/mol. The molecule has 0 aliphatic carbocycles. The van der Waals surface area contributed by atoms with Crippen molar-refractivity contribution >= 4 is 27.4 Å². The molecule has 2 heterocycles. The summed E-state index contributed by atoms with van der Waals surface area (Å²) in [6.07, 6.45) is 0. The molecule has 2 aromatic heterocycles. The number of benzene rings is 1. The number of aromatic nitrogens is 2. The predicted octanol–water partition coefficient (Wildman–Crippen LogP) is 3.34. The van der Waals surface area contributed by atoms with Gasteiger partial charge >= 0.3 is 0 Å². The highest BCUT2D eigenvalue weighted by atomic mass is 32.1. The minimum absolute atomic E-state index is 0.506. The first-order valence-corrected chi connectivity index (χ1v) is 6.84. The van der Waals surface area contributed by atoms with Gasteiger partial charge in [0.25, 0.3) is 0 Å². The molecule has 0 amide bonds. The Morgan fingerprint density at radius 2 is 2.11 bits per heavy atom. The van der Waals surface area contributed by atoms with Crippen LogP contribution in [0.25, 0.3) is 20.9 Å². The fourth-order valence-corrected chi connectivity index (χ4v) is 2.81. The number of hydrogen-bond donors (Lipinski definition) is 1. The van der Waals surface area contributed by atoms with E-state index < -0.39 is 0 Å². The molecule has 0 bridgehead atoms. The molecule has 3 rings (SSSR count). The summed E-state index contributed by atoms with van der Waals surface area (Å²) in [6.45, 7) is 2.63. The third-order valence-corrected chi connectivity index (χ3v) is 3.70. The van der Waals surface area contributed by atoms with E-state index in [0.717, 1.165) is 26.7 Å². The van der Waals surface area contributed by atoms with E-state index in [1.165, 1.54) is 0 Å². The van der Waals surface area contributed by atoms with Crippen molar-refractivity contribution in [1.29, 1.82) is 0 Å². The van der Waals surface area contributed by atoms with E-state index in [2.05, 4.69) is 9.97 Å². The Morgan fingerprint density at radius 1 is 1.21 bits per heavy atom. The van der Waals surface area contributed by atoms with Gasteiger partial charge in [0, 0.05) is 0 Å². The number of rotatable bonds is 3. The maximum Gasteiger partial charge on any atom is 0.143 e. The summed E-state index contributed by atoms with van der Waals surface area (Å²) >= 11 is 1.59. The summed E-state index contributed by atoms with van der Waals surface area (Å²) in [5.41, 5.74) is 7.46. The minimum atomic E-state index is 0.506. The number of thiazole rings is 1. The Bertz CT molecular complexity index is 724. The number of nitrogens with zero attached hydrogens (tertiary/aromatic N) is 2. The maximum atomic E-state index is 5.70. The SMILES string of the molecule is CCOc1ccc2nc(-c3cccc(N)n3)sc2c1. The highest BCUT2D eigenvalue weighted by Gasteiger charge is 2.08. The standard InChI is InChI=1S/C14H13N3OS/c1-2-18-9-6-7-10-12(8-9)19-14(17-10)11-4-3-5-13(15)16-11/h3-8H,2H2,1H3,(H2,15,16). The number of pyridine rings is 1. The van der Waals surface area contributed by atoms with Gasteiger partial charge in [0.1, 0.15) is 22.3 Å². The molecule has 0 radical (unpaired) electrons. The Labute approximate surface area is 114 Å². The van der Waals surface area contributed by atoms with Crippen LogP contribution < -0.4 is 10.5 Å². The van der Waals surface area contributed by atoms with Crippen LogP contribution in [0.15, 0.2) is 36.4 Å². The van der Waals surface area contributed by atoms with E-state index in [4.69, 9.17) is 10.5 Å². The maximum absolute atomic E-state index is 5.70. The largest absolute Gasteiger partial charge is 0.494 e. The molecule has 0 aliphatic heterocycles. The van der Waals surface area contributed by atoms with Crippen molar-refractivity contribution in [3.8, 4) is 16.5 Å². The minimum Gasteiger partial charge on any atom is -0.494 e. The second kappa shape index (κ2) is 4.85. The smallest absolute Gasteiger partial charge is 0.143 e.